The van der Waals surface area contributed by atoms with Crippen molar-refractivity contribution in [2.45, 2.75) is 334 Å². The first-order valence-corrected chi connectivity index (χ1v) is 32.5. The molecule has 0 atom stereocenters. The van der Waals surface area contributed by atoms with Crippen molar-refractivity contribution in [1.82, 2.24) is 4.90 Å². The molecule has 0 N–H and O–H groups in total. The summed E-state index contributed by atoms with van der Waals surface area (Å²) >= 11 is 0. The molecule has 2 heterocycles. The van der Waals surface area contributed by atoms with E-state index >= 15 is 0 Å². The molecule has 0 aromatic heterocycles. The van der Waals surface area contributed by atoms with Crippen LogP contribution in [0.3, 0.4) is 0 Å². The Balaban J connectivity index is 1.40. The van der Waals surface area contributed by atoms with Gasteiger partial charge < -0.3 is 19.3 Å². The van der Waals surface area contributed by atoms with Gasteiger partial charge in [0.15, 0.2) is 5.79 Å². The maximum atomic E-state index is 13.4. The van der Waals surface area contributed by atoms with E-state index in [1.165, 1.54) is 289 Å². The number of amides is 1. The van der Waals surface area contributed by atoms with Crippen LogP contribution >= 0.6 is 0 Å². The fraction of sp³-hybridized carbons (Fsp3) is 0.879. The van der Waals surface area contributed by atoms with E-state index in [9.17, 15) is 10.1 Å². The van der Waals surface area contributed by atoms with Crippen molar-refractivity contribution in [3.8, 4) is 6.07 Å². The largest absolute Gasteiger partial charge is 0.371 e. The van der Waals surface area contributed by atoms with Gasteiger partial charge in [-0.3, -0.25) is 4.79 Å². The Morgan fingerprint density at radius 3 is 1.07 bits per heavy atom. The lowest BCUT2D eigenvalue weighted by Crippen LogP contribution is -2.37. The summed E-state index contributed by atoms with van der Waals surface area (Å²) in [6.45, 7) is 6.14. The Bertz CT molecular complexity index is 1370. The third kappa shape index (κ3) is 34.5. The van der Waals surface area contributed by atoms with E-state index in [1.807, 2.05) is 12.1 Å². The number of carbonyl (C=O) groups is 1. The van der Waals surface area contributed by atoms with Crippen molar-refractivity contribution in [2.24, 2.45) is 0 Å². The van der Waals surface area contributed by atoms with Crippen LogP contribution in [0, 0.1) is 11.3 Å². The number of hydrogen-bond acceptors (Lipinski definition) is 5. The first-order valence-electron chi connectivity index (χ1n) is 32.5. The molecule has 3 rings (SSSR count). The number of nitrogens with zero attached hydrogens (tertiary/aromatic N) is 3. The Morgan fingerprint density at radius 2 is 0.764 bits per heavy atom. The molecular formula is C66H119N3O3. The van der Waals surface area contributed by atoms with E-state index in [0.717, 1.165) is 50.9 Å². The van der Waals surface area contributed by atoms with Gasteiger partial charge in [0, 0.05) is 43.7 Å². The summed E-state index contributed by atoms with van der Waals surface area (Å²) < 4.78 is 12.9. The highest BCUT2D eigenvalue weighted by molar-refractivity contribution is 5.94. The molecule has 0 bridgehead atoms. The standard InChI is InChI=1S/C66H119N3O3/c1-2-3-57-69(60-56-67)65(70)63-50-52-64(53-51-63)68-58-49-47-45-43-41-39-37-35-33-31-29-27-25-23-21-19-17-15-13-11-9-7-5-4-6-8-10-12-14-16-18-20-22-24-26-28-30-32-34-36-38-40-42-44-46-48-54-66(55-59-68)71-61-62-72-66/h50-53H,2-49,54-55,57-62H2,1H3. The fourth-order valence-electron chi connectivity index (χ4n) is 11.7. The number of rotatable bonds is 6. The number of unbranched alkanes of at least 4 members (excludes halogenated alkanes) is 1. The molecule has 72 heavy (non-hydrogen) atoms. The maximum Gasteiger partial charge on any atom is 0.254 e. The second-order valence-electron chi connectivity index (χ2n) is 23.1. The van der Waals surface area contributed by atoms with Crippen LogP contribution in [-0.4, -0.2) is 56.0 Å². The molecule has 2 saturated heterocycles. The first-order chi connectivity index (χ1) is 35.7. The average molecular weight is 1000 g/mol. The van der Waals surface area contributed by atoms with Crippen molar-refractivity contribution in [3.63, 3.8) is 0 Å². The molecule has 0 unspecified atom stereocenters. The van der Waals surface area contributed by atoms with Crippen molar-refractivity contribution in [2.75, 3.05) is 44.3 Å². The topological polar surface area (TPSA) is 65.8 Å². The summed E-state index contributed by atoms with van der Waals surface area (Å²) in [5, 5.41) is 9.41. The van der Waals surface area contributed by atoms with Crippen LogP contribution in [0.15, 0.2) is 24.3 Å². The van der Waals surface area contributed by atoms with E-state index < -0.39 is 5.79 Å². The highest BCUT2D eigenvalue weighted by Crippen LogP contribution is 2.32. The second kappa shape index (κ2) is 47.4. The van der Waals surface area contributed by atoms with Crippen molar-refractivity contribution < 1.29 is 14.3 Å². The minimum Gasteiger partial charge on any atom is -0.371 e. The molecule has 0 radical (unpaired) electrons. The predicted octanol–water partition coefficient (Wildman–Crippen LogP) is 20.7. The van der Waals surface area contributed by atoms with E-state index in [2.05, 4.69) is 30.0 Å². The zero-order chi connectivity index (χ0) is 50.9. The Kier molecular flexibility index (Phi) is 42.2. The third-order valence-corrected chi connectivity index (χ3v) is 16.6. The van der Waals surface area contributed by atoms with Gasteiger partial charge in [-0.1, -0.05) is 296 Å². The zero-order valence-electron chi connectivity index (χ0n) is 48.0. The normalized spacial score (nSPS) is 22.1. The number of benzene rings is 1. The van der Waals surface area contributed by atoms with Gasteiger partial charge in [-0.05, 0) is 43.5 Å². The molecule has 1 amide bonds. The average Bonchev–Trinajstić information content (AvgIpc) is 3.87. The van der Waals surface area contributed by atoms with Crippen LogP contribution in [0.2, 0.25) is 0 Å². The first kappa shape index (κ1) is 64.2. The Labute approximate surface area is 448 Å². The summed E-state index contributed by atoms with van der Waals surface area (Å²) in [5.41, 5.74) is 1.83. The molecule has 1 spiro atoms. The summed E-state index contributed by atoms with van der Waals surface area (Å²) in [7, 11) is 0. The van der Waals surface area contributed by atoms with Crippen LogP contribution in [0.4, 0.5) is 5.69 Å². The van der Waals surface area contributed by atoms with E-state index in [4.69, 9.17) is 9.47 Å². The smallest absolute Gasteiger partial charge is 0.254 e. The number of anilines is 1. The zero-order valence-corrected chi connectivity index (χ0v) is 48.0. The monoisotopic (exact) mass is 1000 g/mol. The van der Waals surface area contributed by atoms with Gasteiger partial charge in [0.2, 0.25) is 0 Å². The highest BCUT2D eigenvalue weighted by Gasteiger charge is 2.36. The van der Waals surface area contributed by atoms with Gasteiger partial charge in [0.1, 0.15) is 6.54 Å². The highest BCUT2D eigenvalue weighted by atomic mass is 16.7. The van der Waals surface area contributed by atoms with Crippen molar-refractivity contribution >= 4 is 11.6 Å². The minimum atomic E-state index is -0.479. The quantitative estimate of drug-likeness (QED) is 0.266. The van der Waals surface area contributed by atoms with Crippen LogP contribution in [0.5, 0.6) is 0 Å². The number of nitriles is 1. The van der Waals surface area contributed by atoms with Gasteiger partial charge >= 0.3 is 0 Å². The van der Waals surface area contributed by atoms with Gasteiger partial charge in [0.25, 0.3) is 5.91 Å². The summed E-state index contributed by atoms with van der Waals surface area (Å²) in [5.74, 6) is -0.525. The fourth-order valence-corrected chi connectivity index (χ4v) is 11.7. The molecular weight excluding hydrogens is 883 g/mol. The van der Waals surface area contributed by atoms with Crippen LogP contribution in [0.1, 0.15) is 338 Å². The lowest BCUT2D eigenvalue weighted by Gasteiger charge is -2.32. The third-order valence-electron chi connectivity index (χ3n) is 16.6. The maximum absolute atomic E-state index is 13.4. The number of carbonyl (C=O) groups excluding carboxylic acids is 1. The molecule has 1 aromatic carbocycles. The second-order valence-corrected chi connectivity index (χ2v) is 23.1. The Morgan fingerprint density at radius 1 is 0.458 bits per heavy atom. The summed E-state index contributed by atoms with van der Waals surface area (Å²) in [4.78, 5) is 17.6. The molecule has 2 aliphatic rings. The lowest BCUT2D eigenvalue weighted by atomic mass is 10.0. The molecule has 416 valence electrons. The molecule has 2 aliphatic heterocycles. The molecule has 6 heteroatoms. The molecule has 6 nitrogen and oxygen atoms in total. The van der Waals surface area contributed by atoms with Crippen molar-refractivity contribution in [3.05, 3.63) is 29.8 Å². The summed E-state index contributed by atoms with van der Waals surface area (Å²) in [6, 6.07) is 10.4. The molecule has 1 aromatic rings. The van der Waals surface area contributed by atoms with Gasteiger partial charge in [-0.15, -0.1) is 0 Å². The van der Waals surface area contributed by atoms with Gasteiger partial charge in [-0.25, -0.2) is 0 Å². The Hall–Kier alpha value is -2.10. The molecule has 0 saturated carbocycles. The van der Waals surface area contributed by atoms with Crippen molar-refractivity contribution in [1.29, 1.82) is 5.26 Å². The van der Waals surface area contributed by atoms with Crippen LogP contribution in [0.25, 0.3) is 0 Å². The predicted molar refractivity (Wildman–Crippen MR) is 311 cm³/mol. The van der Waals surface area contributed by atoms with E-state index in [0.29, 0.717) is 25.3 Å². The van der Waals surface area contributed by atoms with Gasteiger partial charge in [0.05, 0.1) is 19.3 Å². The number of hydrogen-bond donors (Lipinski definition) is 0. The van der Waals surface area contributed by atoms with E-state index in [1.54, 1.807) is 4.90 Å². The van der Waals surface area contributed by atoms with Gasteiger partial charge in [-0.2, -0.15) is 5.26 Å². The molecule has 0 aliphatic carbocycles. The van der Waals surface area contributed by atoms with Crippen LogP contribution in [-0.2, 0) is 9.47 Å². The van der Waals surface area contributed by atoms with Crippen LogP contribution < -0.4 is 4.90 Å². The van der Waals surface area contributed by atoms with E-state index in [-0.39, 0.29) is 12.5 Å². The number of ether oxygens (including phenoxy) is 2. The lowest BCUT2D eigenvalue weighted by molar-refractivity contribution is -0.166. The SMILES string of the molecule is CCCCN(CC#N)C(=O)c1ccc(N2CCCCCCCCCCCCCCCCCCCCCCCCCCCCCCCCCCCCCCCCCCCCCCCCC3(CC2)OCCO3)cc1. The minimum absolute atomic E-state index is 0.0456. The molecule has 2 fully saturated rings. The summed E-state index contributed by atoms with van der Waals surface area (Å²) in [6.07, 6.45) is 69.0.